The predicted octanol–water partition coefficient (Wildman–Crippen LogP) is 2.86. The average Bonchev–Trinajstić information content (AvgIpc) is 3.44. The first kappa shape index (κ1) is 16.6. The Bertz CT molecular complexity index is 1200. The number of anilines is 1. The molecule has 6 rings (SSSR count). The van der Waals surface area contributed by atoms with Gasteiger partial charge in [0.05, 0.1) is 11.8 Å². The van der Waals surface area contributed by atoms with Crippen LogP contribution >= 0.6 is 0 Å². The third kappa shape index (κ3) is 2.61. The smallest absolute Gasteiger partial charge is 0.227 e. The third-order valence-corrected chi connectivity index (χ3v) is 6.42. The average molecular weight is 386 g/mol. The largest absolute Gasteiger partial charge is 0.361 e. The zero-order chi connectivity index (χ0) is 19.4. The molecule has 146 valence electrons. The van der Waals surface area contributed by atoms with Crippen LogP contribution in [0.1, 0.15) is 18.4 Å². The van der Waals surface area contributed by atoms with Gasteiger partial charge in [-0.1, -0.05) is 18.2 Å². The number of aromatic amines is 2. The number of carbonyl (C=O) groups excluding carboxylic acids is 1. The molecule has 2 N–H and O–H groups in total. The molecule has 0 spiro atoms. The molecular formula is C22H22N6O. The fraction of sp³-hybridized carbons (Fsp3) is 0.318. The normalized spacial score (nSPS) is 21.4. The number of para-hydroxylation sites is 1. The number of carbonyl (C=O) groups is 1. The van der Waals surface area contributed by atoms with Gasteiger partial charge in [-0.15, -0.1) is 0 Å². The van der Waals surface area contributed by atoms with E-state index in [0.29, 0.717) is 6.42 Å². The van der Waals surface area contributed by atoms with E-state index in [1.54, 1.807) is 6.33 Å². The highest BCUT2D eigenvalue weighted by Crippen LogP contribution is 2.34. The molecule has 4 aromatic rings. The lowest BCUT2D eigenvalue weighted by Gasteiger charge is -2.41. The Morgan fingerprint density at radius 2 is 1.86 bits per heavy atom. The molecule has 2 saturated heterocycles. The fourth-order valence-electron chi connectivity index (χ4n) is 5.13. The number of hydrogen-bond acceptors (Lipinski definition) is 4. The Labute approximate surface area is 167 Å². The van der Waals surface area contributed by atoms with Gasteiger partial charge in [0.1, 0.15) is 17.8 Å². The highest BCUT2D eigenvalue weighted by molar-refractivity contribution is 5.90. The summed E-state index contributed by atoms with van der Waals surface area (Å²) in [5, 5.41) is 2.19. The molecule has 2 aliphatic rings. The first-order chi connectivity index (χ1) is 14.3. The van der Waals surface area contributed by atoms with Crippen LogP contribution < -0.4 is 4.90 Å². The van der Waals surface area contributed by atoms with Crippen molar-refractivity contribution in [3.8, 4) is 0 Å². The van der Waals surface area contributed by atoms with Crippen molar-refractivity contribution in [2.24, 2.45) is 0 Å². The second-order valence-electron chi connectivity index (χ2n) is 8.06. The Kier molecular flexibility index (Phi) is 3.62. The summed E-state index contributed by atoms with van der Waals surface area (Å²) in [6.07, 6.45) is 8.06. The molecule has 2 atom stereocenters. The van der Waals surface area contributed by atoms with Crippen LogP contribution in [-0.4, -0.2) is 55.9 Å². The predicted molar refractivity (Wildman–Crippen MR) is 112 cm³/mol. The van der Waals surface area contributed by atoms with Gasteiger partial charge in [-0.2, -0.15) is 0 Å². The summed E-state index contributed by atoms with van der Waals surface area (Å²) in [4.78, 5) is 33.0. The number of piperazine rings is 1. The van der Waals surface area contributed by atoms with Crippen molar-refractivity contribution in [2.75, 3.05) is 18.0 Å². The maximum absolute atomic E-state index is 13.2. The van der Waals surface area contributed by atoms with E-state index in [1.807, 2.05) is 30.6 Å². The van der Waals surface area contributed by atoms with Crippen molar-refractivity contribution in [1.82, 2.24) is 24.8 Å². The molecule has 3 aromatic heterocycles. The lowest BCUT2D eigenvalue weighted by atomic mass is 10.1. The lowest BCUT2D eigenvalue weighted by Crippen LogP contribution is -2.56. The van der Waals surface area contributed by atoms with E-state index in [1.165, 1.54) is 0 Å². The molecule has 0 radical (unpaired) electrons. The summed E-state index contributed by atoms with van der Waals surface area (Å²) in [6.45, 7) is 1.65. The molecular weight excluding hydrogens is 364 g/mol. The molecule has 7 heteroatoms. The molecule has 2 fully saturated rings. The van der Waals surface area contributed by atoms with Crippen LogP contribution in [0.15, 0.2) is 49.1 Å². The van der Waals surface area contributed by atoms with Crippen LogP contribution in [0.3, 0.4) is 0 Å². The van der Waals surface area contributed by atoms with Crippen molar-refractivity contribution in [2.45, 2.75) is 31.3 Å². The summed E-state index contributed by atoms with van der Waals surface area (Å²) in [7, 11) is 0. The SMILES string of the molecule is O=C(Cc1c[nH]c2ccccc12)N1C2CCC1CN(c1ncnc3[nH]ccc13)C2. The second kappa shape index (κ2) is 6.34. The van der Waals surface area contributed by atoms with Gasteiger partial charge in [0.15, 0.2) is 0 Å². The van der Waals surface area contributed by atoms with E-state index in [-0.39, 0.29) is 18.0 Å². The molecule has 7 nitrogen and oxygen atoms in total. The molecule has 0 aliphatic carbocycles. The van der Waals surface area contributed by atoms with Gasteiger partial charge in [-0.3, -0.25) is 4.79 Å². The summed E-state index contributed by atoms with van der Waals surface area (Å²) in [6, 6.07) is 10.7. The van der Waals surface area contributed by atoms with Crippen molar-refractivity contribution in [1.29, 1.82) is 0 Å². The lowest BCUT2D eigenvalue weighted by molar-refractivity contribution is -0.133. The van der Waals surface area contributed by atoms with Gasteiger partial charge in [0, 0.05) is 48.5 Å². The topological polar surface area (TPSA) is 80.9 Å². The van der Waals surface area contributed by atoms with Gasteiger partial charge in [-0.05, 0) is 30.5 Å². The van der Waals surface area contributed by atoms with Crippen molar-refractivity contribution in [3.63, 3.8) is 0 Å². The molecule has 29 heavy (non-hydrogen) atoms. The monoisotopic (exact) mass is 386 g/mol. The van der Waals surface area contributed by atoms with Crippen molar-refractivity contribution in [3.05, 3.63) is 54.6 Å². The van der Waals surface area contributed by atoms with Gasteiger partial charge in [-0.25, -0.2) is 9.97 Å². The zero-order valence-corrected chi connectivity index (χ0v) is 16.0. The summed E-state index contributed by atoms with van der Waals surface area (Å²) >= 11 is 0. The summed E-state index contributed by atoms with van der Waals surface area (Å²) < 4.78 is 0. The quantitative estimate of drug-likeness (QED) is 0.567. The highest BCUT2D eigenvalue weighted by atomic mass is 16.2. The molecule has 2 bridgehead atoms. The van der Waals surface area contributed by atoms with Crippen molar-refractivity contribution < 1.29 is 4.79 Å². The molecule has 5 heterocycles. The minimum absolute atomic E-state index is 0.233. The number of fused-ring (bicyclic) bond motifs is 4. The van der Waals surface area contributed by atoms with Crippen LogP contribution in [0.4, 0.5) is 5.82 Å². The number of benzene rings is 1. The minimum atomic E-state index is 0.233. The molecule has 2 aliphatic heterocycles. The van der Waals surface area contributed by atoms with Gasteiger partial charge in [0.2, 0.25) is 5.91 Å². The number of aromatic nitrogens is 4. The fourth-order valence-corrected chi connectivity index (χ4v) is 5.13. The minimum Gasteiger partial charge on any atom is -0.361 e. The van der Waals surface area contributed by atoms with Crippen LogP contribution in [0.2, 0.25) is 0 Å². The number of rotatable bonds is 3. The number of nitrogens with zero attached hydrogens (tertiary/aromatic N) is 4. The highest BCUT2D eigenvalue weighted by Gasteiger charge is 2.43. The first-order valence-corrected chi connectivity index (χ1v) is 10.2. The molecule has 2 unspecified atom stereocenters. The number of nitrogens with one attached hydrogen (secondary N) is 2. The maximum atomic E-state index is 13.2. The van der Waals surface area contributed by atoms with E-state index in [9.17, 15) is 4.79 Å². The molecule has 1 aromatic carbocycles. The van der Waals surface area contributed by atoms with E-state index in [4.69, 9.17) is 0 Å². The summed E-state index contributed by atoms with van der Waals surface area (Å²) in [5.74, 6) is 1.20. The number of H-pyrrole nitrogens is 2. The Morgan fingerprint density at radius 1 is 1.03 bits per heavy atom. The number of hydrogen-bond donors (Lipinski definition) is 2. The van der Waals surface area contributed by atoms with Crippen LogP contribution in [0, 0.1) is 0 Å². The third-order valence-electron chi connectivity index (χ3n) is 6.42. The van der Waals surface area contributed by atoms with E-state index >= 15 is 0 Å². The number of amides is 1. The van der Waals surface area contributed by atoms with Gasteiger partial charge >= 0.3 is 0 Å². The van der Waals surface area contributed by atoms with E-state index in [0.717, 1.165) is 59.2 Å². The van der Waals surface area contributed by atoms with Crippen LogP contribution in [-0.2, 0) is 11.2 Å². The Balaban J connectivity index is 1.24. The second-order valence-corrected chi connectivity index (χ2v) is 8.06. The summed E-state index contributed by atoms with van der Waals surface area (Å²) in [5.41, 5.74) is 3.03. The molecule has 1 amide bonds. The standard InChI is InChI=1S/C22H22N6O/c29-20(9-14-10-24-19-4-2-1-3-17(14)19)28-15-5-6-16(28)12-27(11-15)22-18-7-8-23-21(18)25-13-26-22/h1-4,7-8,10,13,15-16,24H,5-6,9,11-12H2,(H,23,25,26). The van der Waals surface area contributed by atoms with E-state index in [2.05, 4.69) is 41.9 Å². The van der Waals surface area contributed by atoms with Crippen molar-refractivity contribution >= 4 is 33.7 Å². The van der Waals surface area contributed by atoms with Gasteiger partial charge < -0.3 is 19.8 Å². The maximum Gasteiger partial charge on any atom is 0.227 e. The Morgan fingerprint density at radius 3 is 2.72 bits per heavy atom. The first-order valence-electron chi connectivity index (χ1n) is 10.2. The zero-order valence-electron chi connectivity index (χ0n) is 16.0. The Hall–Kier alpha value is -3.35. The van der Waals surface area contributed by atoms with Crippen LogP contribution in [0.5, 0.6) is 0 Å². The van der Waals surface area contributed by atoms with E-state index < -0.39 is 0 Å². The molecule has 0 saturated carbocycles. The van der Waals surface area contributed by atoms with Gasteiger partial charge in [0.25, 0.3) is 0 Å². The van der Waals surface area contributed by atoms with Crippen LogP contribution in [0.25, 0.3) is 21.9 Å².